The molecule has 0 aliphatic carbocycles. The number of carbonyl (C=O) groups excluding carboxylic acids is 2. The number of halogens is 2. The highest BCUT2D eigenvalue weighted by atomic mass is 35.5. The molecule has 0 spiro atoms. The van der Waals surface area contributed by atoms with Crippen molar-refractivity contribution in [2.24, 2.45) is 5.41 Å². The highest BCUT2D eigenvalue weighted by molar-refractivity contribution is 7.95. The smallest absolute Gasteiger partial charge is 0.357 e. The van der Waals surface area contributed by atoms with Gasteiger partial charge >= 0.3 is 22.1 Å². The molecular formula is C34H36ClFN6O6S. The summed E-state index contributed by atoms with van der Waals surface area (Å²) in [6.07, 6.45) is 1.60. The summed E-state index contributed by atoms with van der Waals surface area (Å²) in [5.74, 6) is -1.73. The first kappa shape index (κ1) is 34.2. The number of esters is 2. The quantitative estimate of drug-likeness (QED) is 0.179. The van der Waals surface area contributed by atoms with Crippen LogP contribution in [-0.4, -0.2) is 66.9 Å². The second-order valence-corrected chi connectivity index (χ2v) is 15.1. The van der Waals surface area contributed by atoms with Crippen LogP contribution in [0.3, 0.4) is 0 Å². The van der Waals surface area contributed by atoms with Gasteiger partial charge in [-0.1, -0.05) is 23.7 Å². The van der Waals surface area contributed by atoms with E-state index >= 15 is 4.39 Å². The van der Waals surface area contributed by atoms with Crippen molar-refractivity contribution >= 4 is 72.6 Å². The Bertz CT molecular complexity index is 2240. The van der Waals surface area contributed by atoms with E-state index in [2.05, 4.69) is 9.82 Å². The van der Waals surface area contributed by atoms with Gasteiger partial charge in [-0.15, -0.1) is 0 Å². The fourth-order valence-electron chi connectivity index (χ4n) is 5.60. The summed E-state index contributed by atoms with van der Waals surface area (Å²) in [5, 5.41) is 5.65. The zero-order valence-electron chi connectivity index (χ0n) is 27.9. The van der Waals surface area contributed by atoms with E-state index < -0.39 is 27.4 Å². The molecule has 0 saturated heterocycles. The minimum atomic E-state index is -4.23. The van der Waals surface area contributed by atoms with Crippen LogP contribution in [0, 0.1) is 18.2 Å². The second-order valence-electron chi connectivity index (χ2n) is 13.2. The number of para-hydroxylation sites is 2. The van der Waals surface area contributed by atoms with Gasteiger partial charge in [0.25, 0.3) is 0 Å². The standard InChI is InChI=1S/C34H36ClFN6O6S/c1-20-13-23-29(16-25(20)36)40(18-22-14-21-17-37-41(28(21)15-24(22)35)19-48-33(44)34(2,3)4)31(32(43)47-12-11-39(5)6)30(23)42-27-10-8-7-9-26(27)38-49(42,45)46/h7-10,13-17,38H,11-12,18-19H2,1-6H3. The minimum Gasteiger partial charge on any atom is -0.460 e. The molecule has 1 N–H and O–H groups in total. The first-order valence-electron chi connectivity index (χ1n) is 15.4. The molecule has 5 aromatic rings. The van der Waals surface area contributed by atoms with Gasteiger partial charge in [0.1, 0.15) is 12.4 Å². The Morgan fingerprint density at radius 2 is 1.80 bits per heavy atom. The summed E-state index contributed by atoms with van der Waals surface area (Å²) < 4.78 is 60.6. The fourth-order valence-corrected chi connectivity index (χ4v) is 7.20. The Morgan fingerprint density at radius 3 is 2.51 bits per heavy atom. The molecule has 0 radical (unpaired) electrons. The van der Waals surface area contributed by atoms with Crippen LogP contribution in [0.2, 0.25) is 5.02 Å². The summed E-state index contributed by atoms with van der Waals surface area (Å²) in [7, 11) is -0.572. The molecule has 3 aromatic carbocycles. The number of ether oxygens (including phenoxy) is 2. The lowest BCUT2D eigenvalue weighted by atomic mass is 9.98. The molecule has 0 bridgehead atoms. The number of nitrogens with one attached hydrogen (secondary N) is 1. The normalized spacial score (nSPS) is 14.0. The Labute approximate surface area is 288 Å². The van der Waals surface area contributed by atoms with Crippen LogP contribution in [-0.2, 0) is 37.8 Å². The van der Waals surface area contributed by atoms with Crippen molar-refractivity contribution in [3.8, 4) is 0 Å². The second kappa shape index (κ2) is 12.7. The first-order chi connectivity index (χ1) is 23.1. The monoisotopic (exact) mass is 710 g/mol. The molecule has 6 rings (SSSR count). The van der Waals surface area contributed by atoms with E-state index in [1.165, 1.54) is 21.4 Å². The van der Waals surface area contributed by atoms with Gasteiger partial charge in [-0.3, -0.25) is 9.52 Å². The average molecular weight is 711 g/mol. The van der Waals surface area contributed by atoms with Gasteiger partial charge in [-0.2, -0.15) is 13.5 Å². The van der Waals surface area contributed by atoms with Crippen molar-refractivity contribution in [1.29, 1.82) is 0 Å². The van der Waals surface area contributed by atoms with Crippen LogP contribution in [0.5, 0.6) is 0 Å². The molecule has 2 aromatic heterocycles. The van der Waals surface area contributed by atoms with E-state index in [0.717, 1.165) is 4.31 Å². The number of benzene rings is 3. The Hall–Kier alpha value is -4.66. The van der Waals surface area contributed by atoms with E-state index in [0.29, 0.717) is 44.8 Å². The molecule has 1 aliphatic heterocycles. The molecule has 0 amide bonds. The van der Waals surface area contributed by atoms with Crippen LogP contribution in [0.15, 0.2) is 54.7 Å². The third-order valence-electron chi connectivity index (χ3n) is 8.16. The number of nitrogens with zero attached hydrogens (tertiary/aromatic N) is 5. The van der Waals surface area contributed by atoms with Crippen LogP contribution in [0.1, 0.15) is 42.4 Å². The molecule has 15 heteroatoms. The number of hydrogen-bond acceptors (Lipinski definition) is 8. The van der Waals surface area contributed by atoms with Gasteiger partial charge < -0.3 is 18.9 Å². The largest absolute Gasteiger partial charge is 0.460 e. The van der Waals surface area contributed by atoms with Gasteiger partial charge in [-0.25, -0.2) is 18.2 Å². The summed E-state index contributed by atoms with van der Waals surface area (Å²) in [5.41, 5.74) is 1.52. The highest BCUT2D eigenvalue weighted by Gasteiger charge is 2.40. The van der Waals surface area contributed by atoms with Gasteiger partial charge in [-0.05, 0) is 89.3 Å². The number of aromatic nitrogens is 3. The highest BCUT2D eigenvalue weighted by Crippen LogP contribution is 2.47. The topological polar surface area (TPSA) is 128 Å². The predicted molar refractivity (Wildman–Crippen MR) is 186 cm³/mol. The molecule has 12 nitrogen and oxygen atoms in total. The van der Waals surface area contributed by atoms with E-state index in [-0.39, 0.29) is 48.3 Å². The Morgan fingerprint density at radius 1 is 1.06 bits per heavy atom. The van der Waals surface area contributed by atoms with Crippen molar-refractivity contribution in [3.63, 3.8) is 0 Å². The average Bonchev–Trinajstić information content (AvgIpc) is 3.63. The zero-order valence-corrected chi connectivity index (χ0v) is 29.4. The number of aryl methyl sites for hydroxylation is 1. The first-order valence-corrected chi connectivity index (χ1v) is 17.3. The number of likely N-dealkylation sites (N-methyl/N-ethyl adjacent to an activating group) is 1. The van der Waals surface area contributed by atoms with E-state index in [9.17, 15) is 18.0 Å². The van der Waals surface area contributed by atoms with Crippen molar-refractivity contribution in [2.75, 3.05) is 36.3 Å². The van der Waals surface area contributed by atoms with Crippen LogP contribution < -0.4 is 9.03 Å². The SMILES string of the molecule is Cc1cc2c(N3c4ccccc4NS3(=O)=O)c(C(=O)OCCN(C)C)n(Cc3cc4cnn(COC(=O)C(C)(C)C)c4cc3Cl)c2cc1F. The zero-order chi connectivity index (χ0) is 35.4. The van der Waals surface area contributed by atoms with Crippen molar-refractivity contribution < 1.29 is 31.9 Å². The van der Waals surface area contributed by atoms with Gasteiger partial charge in [0.2, 0.25) is 0 Å². The molecule has 258 valence electrons. The molecule has 0 unspecified atom stereocenters. The van der Waals surface area contributed by atoms with Crippen molar-refractivity contribution in [2.45, 2.75) is 41.0 Å². The maximum Gasteiger partial charge on any atom is 0.357 e. The third-order valence-corrected chi connectivity index (χ3v) is 9.85. The molecule has 3 heterocycles. The predicted octanol–water partition coefficient (Wildman–Crippen LogP) is 6.21. The maximum absolute atomic E-state index is 15.3. The number of carbonyl (C=O) groups is 2. The summed E-state index contributed by atoms with van der Waals surface area (Å²) in [6.45, 7) is 7.09. The lowest BCUT2D eigenvalue weighted by molar-refractivity contribution is -0.157. The fraction of sp³-hybridized carbons (Fsp3) is 0.324. The number of hydrogen-bond donors (Lipinski definition) is 1. The van der Waals surface area contributed by atoms with Crippen LogP contribution in [0.25, 0.3) is 21.8 Å². The molecular weight excluding hydrogens is 675 g/mol. The number of fused-ring (bicyclic) bond motifs is 3. The molecule has 1 aliphatic rings. The van der Waals surface area contributed by atoms with Gasteiger partial charge in [0, 0.05) is 28.9 Å². The van der Waals surface area contributed by atoms with Crippen LogP contribution in [0.4, 0.5) is 21.5 Å². The van der Waals surface area contributed by atoms with E-state index in [1.54, 1.807) is 70.3 Å². The number of anilines is 3. The summed E-state index contributed by atoms with van der Waals surface area (Å²) in [4.78, 5) is 28.3. The Balaban J connectivity index is 1.52. The molecule has 0 saturated carbocycles. The van der Waals surface area contributed by atoms with Crippen molar-refractivity contribution in [3.05, 3.63) is 82.4 Å². The van der Waals surface area contributed by atoms with E-state index in [4.69, 9.17) is 21.1 Å². The molecule has 49 heavy (non-hydrogen) atoms. The third kappa shape index (κ3) is 6.43. The van der Waals surface area contributed by atoms with Crippen molar-refractivity contribution in [1.82, 2.24) is 19.2 Å². The summed E-state index contributed by atoms with van der Waals surface area (Å²) >= 11 is 6.85. The number of rotatable bonds is 9. The van der Waals surface area contributed by atoms with Gasteiger partial charge in [0.05, 0.1) is 39.7 Å². The molecule has 0 atom stereocenters. The lowest BCUT2D eigenvalue weighted by Crippen LogP contribution is -2.28. The van der Waals surface area contributed by atoms with Gasteiger partial charge in [0.15, 0.2) is 12.4 Å². The lowest BCUT2D eigenvalue weighted by Gasteiger charge is -2.19. The van der Waals surface area contributed by atoms with Crippen LogP contribution >= 0.6 is 11.6 Å². The molecule has 0 fully saturated rings. The maximum atomic E-state index is 15.3. The minimum absolute atomic E-state index is 0.0213. The van der Waals surface area contributed by atoms with E-state index in [1.807, 2.05) is 19.0 Å². The summed E-state index contributed by atoms with van der Waals surface area (Å²) in [6, 6.07) is 12.9. The Kier molecular flexibility index (Phi) is 8.84.